The Morgan fingerprint density at radius 1 is 1.17 bits per heavy atom. The lowest BCUT2D eigenvalue weighted by molar-refractivity contribution is -0.150. The number of benzene rings is 1. The number of piperidine rings is 1. The first-order valence-electron chi connectivity index (χ1n) is 9.38. The molecule has 1 fully saturated rings. The van der Waals surface area contributed by atoms with Gasteiger partial charge in [0.15, 0.2) is 0 Å². The van der Waals surface area contributed by atoms with Crippen LogP contribution in [0, 0.1) is 0 Å². The van der Waals surface area contributed by atoms with Gasteiger partial charge in [-0.05, 0) is 13.3 Å². The van der Waals surface area contributed by atoms with Gasteiger partial charge in [0.25, 0.3) is 11.8 Å². The third kappa shape index (κ3) is 3.36. The lowest BCUT2D eigenvalue weighted by Crippen LogP contribution is -2.55. The van der Waals surface area contributed by atoms with Crippen molar-refractivity contribution >= 4 is 23.6 Å². The fourth-order valence-electron chi connectivity index (χ4n) is 3.62. The molecule has 1 unspecified atom stereocenters. The van der Waals surface area contributed by atoms with E-state index in [2.05, 4.69) is 15.5 Å². The summed E-state index contributed by atoms with van der Waals surface area (Å²) in [5.74, 6) is -1.50. The van der Waals surface area contributed by atoms with Gasteiger partial charge in [-0.25, -0.2) is 0 Å². The molecule has 4 amide bonds. The number of imide groups is 2. The molecule has 1 atom stereocenters. The van der Waals surface area contributed by atoms with Crippen molar-refractivity contribution in [2.45, 2.75) is 32.4 Å². The molecular weight excluding hydrogens is 390 g/mol. The van der Waals surface area contributed by atoms with Crippen molar-refractivity contribution in [2.24, 2.45) is 0 Å². The number of amides is 4. The lowest BCUT2D eigenvalue weighted by atomic mass is 10.0. The fourth-order valence-corrected chi connectivity index (χ4v) is 3.62. The molecule has 1 N–H and O–H groups in total. The highest BCUT2D eigenvalue weighted by molar-refractivity contribution is 6.21. The molecule has 2 aliphatic heterocycles. The predicted molar refractivity (Wildman–Crippen MR) is 102 cm³/mol. The van der Waals surface area contributed by atoms with E-state index in [-0.39, 0.29) is 36.5 Å². The lowest BCUT2D eigenvalue weighted by Gasteiger charge is -2.29. The molecule has 1 aromatic carbocycles. The third-order valence-corrected chi connectivity index (χ3v) is 5.09. The first kappa shape index (κ1) is 19.5. The van der Waals surface area contributed by atoms with E-state index in [4.69, 9.17) is 4.52 Å². The standard InChI is InChI=1S/C20H19N5O5/c1-11-16(20(29)25(19(11)28)13-8-9-14(26)21-18(13)27)24(2)10-15-22-17(23-30-15)12-6-4-3-5-7-12/h3-7,13H,8-10H2,1-2H3,(H,21,26,27). The normalized spacial score (nSPS) is 19.5. The van der Waals surface area contributed by atoms with Crippen molar-refractivity contribution in [1.82, 2.24) is 25.3 Å². The molecular formula is C20H19N5O5. The van der Waals surface area contributed by atoms with Crippen LogP contribution in [0.2, 0.25) is 0 Å². The van der Waals surface area contributed by atoms with Crippen LogP contribution in [0.5, 0.6) is 0 Å². The second-order valence-electron chi connectivity index (χ2n) is 7.15. The number of carbonyl (C=O) groups is 4. The molecule has 10 nitrogen and oxygen atoms in total. The van der Waals surface area contributed by atoms with Gasteiger partial charge in [0.1, 0.15) is 11.7 Å². The van der Waals surface area contributed by atoms with E-state index in [1.807, 2.05) is 30.3 Å². The summed E-state index contributed by atoms with van der Waals surface area (Å²) >= 11 is 0. The van der Waals surface area contributed by atoms with Gasteiger partial charge in [0.2, 0.25) is 23.5 Å². The summed E-state index contributed by atoms with van der Waals surface area (Å²) < 4.78 is 5.28. The predicted octanol–water partition coefficient (Wildman–Crippen LogP) is 0.616. The molecule has 154 valence electrons. The van der Waals surface area contributed by atoms with Crippen molar-refractivity contribution in [2.75, 3.05) is 7.05 Å². The van der Waals surface area contributed by atoms with E-state index in [9.17, 15) is 19.2 Å². The number of hydrogen-bond acceptors (Lipinski definition) is 8. The Morgan fingerprint density at radius 2 is 1.90 bits per heavy atom. The number of rotatable bonds is 5. The minimum absolute atomic E-state index is 0.0714. The minimum Gasteiger partial charge on any atom is -0.360 e. The molecule has 30 heavy (non-hydrogen) atoms. The topological polar surface area (TPSA) is 126 Å². The van der Waals surface area contributed by atoms with Gasteiger partial charge in [-0.2, -0.15) is 4.98 Å². The zero-order valence-electron chi connectivity index (χ0n) is 16.4. The van der Waals surface area contributed by atoms with E-state index >= 15 is 0 Å². The van der Waals surface area contributed by atoms with Gasteiger partial charge in [-0.1, -0.05) is 35.5 Å². The maximum atomic E-state index is 13.0. The Morgan fingerprint density at radius 3 is 2.60 bits per heavy atom. The van der Waals surface area contributed by atoms with Crippen molar-refractivity contribution in [3.63, 3.8) is 0 Å². The van der Waals surface area contributed by atoms with Crippen LogP contribution in [-0.4, -0.2) is 56.7 Å². The van der Waals surface area contributed by atoms with Gasteiger partial charge < -0.3 is 9.42 Å². The molecule has 2 aliphatic rings. The Labute approximate surface area is 171 Å². The molecule has 0 bridgehead atoms. The van der Waals surface area contributed by atoms with Crippen molar-refractivity contribution in [1.29, 1.82) is 0 Å². The van der Waals surface area contributed by atoms with Crippen LogP contribution in [0.1, 0.15) is 25.7 Å². The molecule has 2 aromatic rings. The van der Waals surface area contributed by atoms with Crippen molar-refractivity contribution < 1.29 is 23.7 Å². The summed E-state index contributed by atoms with van der Waals surface area (Å²) in [6, 6.07) is 8.29. The zero-order chi connectivity index (χ0) is 21.4. The zero-order valence-corrected chi connectivity index (χ0v) is 16.4. The first-order valence-corrected chi connectivity index (χ1v) is 9.38. The van der Waals surface area contributed by atoms with Gasteiger partial charge in [-0.3, -0.25) is 29.4 Å². The van der Waals surface area contributed by atoms with Crippen LogP contribution in [0.25, 0.3) is 11.4 Å². The SMILES string of the molecule is CC1=C(N(C)Cc2nc(-c3ccccc3)no2)C(=O)N(C2CCC(=O)NC2=O)C1=O. The summed E-state index contributed by atoms with van der Waals surface area (Å²) in [7, 11) is 1.63. The summed E-state index contributed by atoms with van der Waals surface area (Å²) in [6.07, 6.45) is 0.179. The van der Waals surface area contributed by atoms with Gasteiger partial charge in [0, 0.05) is 24.6 Å². The Bertz CT molecular complexity index is 1070. The molecule has 0 spiro atoms. The first-order chi connectivity index (χ1) is 14.4. The van der Waals surface area contributed by atoms with Crippen LogP contribution in [0.3, 0.4) is 0 Å². The maximum absolute atomic E-state index is 13.0. The van der Waals surface area contributed by atoms with Crippen LogP contribution in [-0.2, 0) is 25.7 Å². The van der Waals surface area contributed by atoms with Crippen molar-refractivity contribution in [3.05, 3.63) is 47.5 Å². The van der Waals surface area contributed by atoms with Crippen LogP contribution >= 0.6 is 0 Å². The molecule has 0 saturated carbocycles. The van der Waals surface area contributed by atoms with Gasteiger partial charge >= 0.3 is 0 Å². The van der Waals surface area contributed by atoms with Crippen molar-refractivity contribution in [3.8, 4) is 11.4 Å². The third-order valence-electron chi connectivity index (χ3n) is 5.09. The largest absolute Gasteiger partial charge is 0.360 e. The average molecular weight is 409 g/mol. The highest BCUT2D eigenvalue weighted by Gasteiger charge is 2.45. The van der Waals surface area contributed by atoms with E-state index in [1.54, 1.807) is 11.9 Å². The van der Waals surface area contributed by atoms with Crippen LogP contribution < -0.4 is 5.32 Å². The molecule has 0 radical (unpaired) electrons. The Balaban J connectivity index is 1.51. The minimum atomic E-state index is -1.00. The fraction of sp³-hybridized carbons (Fsp3) is 0.300. The molecule has 0 aliphatic carbocycles. The highest BCUT2D eigenvalue weighted by Crippen LogP contribution is 2.28. The molecule has 4 rings (SSSR count). The summed E-state index contributed by atoms with van der Waals surface area (Å²) in [6.45, 7) is 1.63. The second-order valence-corrected chi connectivity index (χ2v) is 7.15. The Hall–Kier alpha value is -3.82. The number of aromatic nitrogens is 2. The summed E-state index contributed by atoms with van der Waals surface area (Å²) in [5.41, 5.74) is 1.17. The van der Waals surface area contributed by atoms with Crippen LogP contribution in [0.4, 0.5) is 0 Å². The van der Waals surface area contributed by atoms with Gasteiger partial charge in [0.05, 0.1) is 6.54 Å². The van der Waals surface area contributed by atoms with E-state index in [1.165, 1.54) is 6.92 Å². The smallest absolute Gasteiger partial charge is 0.278 e. The highest BCUT2D eigenvalue weighted by atomic mass is 16.5. The average Bonchev–Trinajstić information content (AvgIpc) is 3.26. The second kappa shape index (κ2) is 7.54. The summed E-state index contributed by atoms with van der Waals surface area (Å²) in [4.78, 5) is 56.0. The Kier molecular flexibility index (Phi) is 4.90. The number of nitrogens with one attached hydrogen (secondary N) is 1. The summed E-state index contributed by atoms with van der Waals surface area (Å²) in [5, 5.41) is 6.12. The molecule has 3 heterocycles. The van der Waals surface area contributed by atoms with Gasteiger partial charge in [-0.15, -0.1) is 0 Å². The number of likely N-dealkylation sites (N-methyl/N-ethyl adjacent to an activating group) is 1. The number of carbonyl (C=O) groups excluding carboxylic acids is 4. The molecule has 1 saturated heterocycles. The number of nitrogens with zero attached hydrogens (tertiary/aromatic N) is 4. The van der Waals surface area contributed by atoms with E-state index in [0.29, 0.717) is 5.82 Å². The molecule has 1 aromatic heterocycles. The van der Waals surface area contributed by atoms with E-state index in [0.717, 1.165) is 10.5 Å². The van der Waals surface area contributed by atoms with Crippen LogP contribution in [0.15, 0.2) is 46.1 Å². The molecule has 10 heteroatoms. The maximum Gasteiger partial charge on any atom is 0.278 e. The quantitative estimate of drug-likeness (QED) is 0.712. The van der Waals surface area contributed by atoms with E-state index < -0.39 is 29.7 Å². The number of hydrogen-bond donors (Lipinski definition) is 1. The monoisotopic (exact) mass is 409 g/mol.